The number of halogens is 7. The Balaban J connectivity index is 1.74. The number of alkyl halides is 6. The number of carbonyl (C=O) groups excluding carboxylic acids is 1. The molecule has 32 heavy (non-hydrogen) atoms. The maximum atomic E-state index is 14.0. The van der Waals surface area contributed by atoms with Crippen LogP contribution in [-0.2, 0) is 11.7 Å². The zero-order chi connectivity index (χ0) is 23.4. The van der Waals surface area contributed by atoms with Crippen LogP contribution < -0.4 is 5.32 Å². The fraction of sp³-hybridized carbons (Fsp3) is 0.409. The molecule has 0 unspecified atom stereocenters. The molecular formula is C22H19F7N2O. The quantitative estimate of drug-likeness (QED) is 0.508. The van der Waals surface area contributed by atoms with E-state index in [0.717, 1.165) is 29.2 Å². The number of carbonyl (C=O) groups is 1. The van der Waals surface area contributed by atoms with E-state index in [-0.39, 0.29) is 24.2 Å². The minimum Gasteiger partial charge on any atom is -0.314 e. The predicted octanol–water partition coefficient (Wildman–Crippen LogP) is 6.71. The first kappa shape index (κ1) is 22.4. The molecule has 1 saturated heterocycles. The first-order valence-corrected chi connectivity index (χ1v) is 9.95. The van der Waals surface area contributed by atoms with Crippen LogP contribution in [0.3, 0.4) is 0 Å². The van der Waals surface area contributed by atoms with Crippen LogP contribution in [0.4, 0.5) is 41.2 Å². The first-order chi connectivity index (χ1) is 14.9. The van der Waals surface area contributed by atoms with Gasteiger partial charge in [0.15, 0.2) is 0 Å². The monoisotopic (exact) mass is 460 g/mol. The van der Waals surface area contributed by atoms with Crippen molar-refractivity contribution in [1.29, 1.82) is 0 Å². The highest BCUT2D eigenvalue weighted by Gasteiger charge is 2.69. The summed E-state index contributed by atoms with van der Waals surface area (Å²) in [6.45, 7) is -0.0304. The third kappa shape index (κ3) is 3.91. The molecule has 4 rings (SSSR count). The van der Waals surface area contributed by atoms with Crippen molar-refractivity contribution in [3.05, 3.63) is 65.5 Å². The molecule has 1 N–H and O–H groups in total. The highest BCUT2D eigenvalue weighted by Crippen LogP contribution is 2.69. The molecule has 1 saturated carbocycles. The Hall–Kier alpha value is -2.78. The molecule has 1 atom stereocenters. The lowest BCUT2D eigenvalue weighted by molar-refractivity contribution is -0.165. The molecule has 0 bridgehead atoms. The number of nitrogens with one attached hydrogen (secondary N) is 1. The molecule has 0 radical (unpaired) electrons. The molecule has 2 fully saturated rings. The average Bonchev–Trinajstić information content (AvgIpc) is 3.40. The van der Waals surface area contributed by atoms with Crippen LogP contribution in [0.25, 0.3) is 0 Å². The van der Waals surface area contributed by atoms with Crippen molar-refractivity contribution in [3.8, 4) is 0 Å². The maximum absolute atomic E-state index is 14.0. The Bertz CT molecular complexity index is 1030. The molecular weight excluding hydrogens is 441 g/mol. The standard InChI is InChI=1S/C22H19F7N2O/c23-16-5-1-3-14(11-16)20(13-21(24,25)26)19(7-8-19)9-10-31(20)18(32)30-17-6-2-4-15(12-17)22(27,28)29/h1-6,11-12H,7-10,13H2,(H,30,32)/t20-/m1/s1. The summed E-state index contributed by atoms with van der Waals surface area (Å²) in [6.07, 6.45) is -9.52. The first-order valence-electron chi connectivity index (χ1n) is 9.95. The minimum absolute atomic E-state index is 0.0304. The molecule has 1 aliphatic carbocycles. The number of anilines is 1. The average molecular weight is 460 g/mol. The van der Waals surface area contributed by atoms with Gasteiger partial charge in [0.2, 0.25) is 0 Å². The molecule has 2 aliphatic rings. The van der Waals surface area contributed by atoms with Crippen LogP contribution >= 0.6 is 0 Å². The maximum Gasteiger partial charge on any atom is 0.416 e. The van der Waals surface area contributed by atoms with Gasteiger partial charge in [-0.3, -0.25) is 0 Å². The molecule has 3 nitrogen and oxygen atoms in total. The molecule has 2 amide bonds. The van der Waals surface area contributed by atoms with Gasteiger partial charge in [0.1, 0.15) is 5.82 Å². The summed E-state index contributed by atoms with van der Waals surface area (Å²) in [4.78, 5) is 14.1. The zero-order valence-electron chi connectivity index (χ0n) is 16.7. The Labute approximate surface area is 179 Å². The van der Waals surface area contributed by atoms with E-state index >= 15 is 0 Å². The minimum atomic E-state index is -4.67. The lowest BCUT2D eigenvalue weighted by Gasteiger charge is -2.44. The number of hydrogen-bond acceptors (Lipinski definition) is 1. The van der Waals surface area contributed by atoms with Crippen LogP contribution in [0.5, 0.6) is 0 Å². The highest BCUT2D eigenvalue weighted by atomic mass is 19.4. The Morgan fingerprint density at radius 3 is 2.25 bits per heavy atom. The van der Waals surface area contributed by atoms with Crippen molar-refractivity contribution < 1.29 is 35.5 Å². The molecule has 2 aromatic carbocycles. The van der Waals surface area contributed by atoms with Crippen molar-refractivity contribution in [2.24, 2.45) is 5.41 Å². The molecule has 1 aliphatic heterocycles. The SMILES string of the molecule is O=C(Nc1cccc(C(F)(F)F)c1)N1CCC2(CC2)[C@@]1(CC(F)(F)F)c1cccc(F)c1. The van der Waals surface area contributed by atoms with Crippen LogP contribution in [-0.4, -0.2) is 23.7 Å². The van der Waals surface area contributed by atoms with Gasteiger partial charge in [0.05, 0.1) is 17.5 Å². The molecule has 1 spiro atoms. The lowest BCUT2D eigenvalue weighted by Crippen LogP contribution is -2.53. The summed E-state index contributed by atoms with van der Waals surface area (Å²) in [5.41, 5.74) is -3.87. The highest BCUT2D eigenvalue weighted by molar-refractivity contribution is 5.90. The van der Waals surface area contributed by atoms with Gasteiger partial charge in [-0.15, -0.1) is 0 Å². The molecule has 1 heterocycles. The number of rotatable bonds is 3. The van der Waals surface area contributed by atoms with Crippen molar-refractivity contribution in [3.63, 3.8) is 0 Å². The van der Waals surface area contributed by atoms with E-state index < -0.39 is 47.1 Å². The second kappa shape index (κ2) is 7.38. The van der Waals surface area contributed by atoms with Crippen molar-refractivity contribution >= 4 is 11.7 Å². The molecule has 2 aromatic rings. The molecule has 10 heteroatoms. The number of nitrogens with zero attached hydrogens (tertiary/aromatic N) is 1. The fourth-order valence-electron chi connectivity index (χ4n) is 4.95. The summed E-state index contributed by atoms with van der Waals surface area (Å²) >= 11 is 0. The Morgan fingerprint density at radius 1 is 0.969 bits per heavy atom. The second-order valence-electron chi connectivity index (χ2n) is 8.35. The normalized spacial score (nSPS) is 22.3. The summed E-state index contributed by atoms with van der Waals surface area (Å²) in [5.74, 6) is -0.731. The van der Waals surface area contributed by atoms with E-state index in [1.165, 1.54) is 18.2 Å². The summed E-state index contributed by atoms with van der Waals surface area (Å²) < 4.78 is 94.4. The third-order valence-electron chi connectivity index (χ3n) is 6.45. The molecule has 172 valence electrons. The number of benzene rings is 2. The van der Waals surface area contributed by atoms with Crippen LogP contribution in [0, 0.1) is 11.2 Å². The van der Waals surface area contributed by atoms with E-state index in [0.29, 0.717) is 18.9 Å². The summed E-state index contributed by atoms with van der Waals surface area (Å²) in [7, 11) is 0. The van der Waals surface area contributed by atoms with E-state index in [2.05, 4.69) is 5.32 Å². The van der Waals surface area contributed by atoms with E-state index in [1.54, 1.807) is 0 Å². The largest absolute Gasteiger partial charge is 0.416 e. The number of hydrogen-bond donors (Lipinski definition) is 1. The van der Waals surface area contributed by atoms with Gasteiger partial charge in [-0.1, -0.05) is 18.2 Å². The van der Waals surface area contributed by atoms with E-state index in [1.807, 2.05) is 0 Å². The Kier molecular flexibility index (Phi) is 5.17. The smallest absolute Gasteiger partial charge is 0.314 e. The van der Waals surface area contributed by atoms with Gasteiger partial charge in [-0.2, -0.15) is 26.3 Å². The number of likely N-dealkylation sites (tertiary alicyclic amines) is 1. The lowest BCUT2D eigenvalue weighted by atomic mass is 9.73. The van der Waals surface area contributed by atoms with Gasteiger partial charge in [-0.25, -0.2) is 9.18 Å². The van der Waals surface area contributed by atoms with Crippen LogP contribution in [0.15, 0.2) is 48.5 Å². The van der Waals surface area contributed by atoms with Crippen molar-refractivity contribution in [2.75, 3.05) is 11.9 Å². The van der Waals surface area contributed by atoms with Crippen LogP contribution in [0.1, 0.15) is 36.8 Å². The molecule has 0 aromatic heterocycles. The van der Waals surface area contributed by atoms with Gasteiger partial charge in [-0.05, 0) is 55.2 Å². The number of urea groups is 1. The van der Waals surface area contributed by atoms with Crippen LogP contribution in [0.2, 0.25) is 0 Å². The van der Waals surface area contributed by atoms with Gasteiger partial charge >= 0.3 is 18.4 Å². The van der Waals surface area contributed by atoms with Gasteiger partial charge in [0.25, 0.3) is 0 Å². The predicted molar refractivity (Wildman–Crippen MR) is 102 cm³/mol. The third-order valence-corrected chi connectivity index (χ3v) is 6.45. The fourth-order valence-corrected chi connectivity index (χ4v) is 4.95. The van der Waals surface area contributed by atoms with Gasteiger partial charge < -0.3 is 10.2 Å². The van der Waals surface area contributed by atoms with Crippen molar-refractivity contribution in [1.82, 2.24) is 4.90 Å². The van der Waals surface area contributed by atoms with Crippen molar-refractivity contribution in [2.45, 2.75) is 43.6 Å². The number of amides is 2. The van der Waals surface area contributed by atoms with E-state index in [9.17, 15) is 35.5 Å². The Morgan fingerprint density at radius 2 is 1.66 bits per heavy atom. The second-order valence-corrected chi connectivity index (χ2v) is 8.35. The summed E-state index contributed by atoms with van der Waals surface area (Å²) in [6, 6.07) is 7.67. The zero-order valence-corrected chi connectivity index (χ0v) is 16.7. The van der Waals surface area contributed by atoms with E-state index in [4.69, 9.17) is 0 Å². The topological polar surface area (TPSA) is 32.3 Å². The summed E-state index contributed by atoms with van der Waals surface area (Å²) in [5, 5.41) is 2.31. The van der Waals surface area contributed by atoms with Gasteiger partial charge in [0, 0.05) is 17.6 Å².